The topological polar surface area (TPSA) is 85.8 Å². The molecule has 126 valence electrons. The summed E-state index contributed by atoms with van der Waals surface area (Å²) in [6.45, 7) is 3.51. The minimum Gasteiger partial charge on any atom is -0.481 e. The summed E-state index contributed by atoms with van der Waals surface area (Å²) in [5.41, 5.74) is 1.00. The van der Waals surface area contributed by atoms with Crippen LogP contribution >= 0.6 is 11.3 Å². The average Bonchev–Trinajstić information content (AvgIpc) is 3.27. The Morgan fingerprint density at radius 3 is 2.83 bits per heavy atom. The number of carboxylic acid groups (broad SMARTS) is 1. The van der Waals surface area contributed by atoms with Gasteiger partial charge >= 0.3 is 12.0 Å². The molecule has 3 rings (SSSR count). The van der Waals surface area contributed by atoms with E-state index in [9.17, 15) is 9.59 Å². The maximum absolute atomic E-state index is 12.0. The molecule has 2 fully saturated rings. The summed E-state index contributed by atoms with van der Waals surface area (Å²) < 4.78 is 0. The molecule has 0 bridgehead atoms. The molecule has 3 heterocycles. The predicted molar refractivity (Wildman–Crippen MR) is 88.0 cm³/mol. The summed E-state index contributed by atoms with van der Waals surface area (Å²) in [7, 11) is 0. The van der Waals surface area contributed by atoms with Crippen molar-refractivity contribution in [1.82, 2.24) is 15.2 Å². The molecule has 2 amide bonds. The highest BCUT2D eigenvalue weighted by Crippen LogP contribution is 2.24. The van der Waals surface area contributed by atoms with Crippen LogP contribution in [0.3, 0.4) is 0 Å². The van der Waals surface area contributed by atoms with Crippen molar-refractivity contribution >= 4 is 28.5 Å². The van der Waals surface area contributed by atoms with Crippen LogP contribution in [0.5, 0.6) is 0 Å². The smallest absolute Gasteiger partial charge is 0.317 e. The van der Waals surface area contributed by atoms with Gasteiger partial charge in [-0.15, -0.1) is 11.3 Å². The van der Waals surface area contributed by atoms with E-state index in [4.69, 9.17) is 5.11 Å². The summed E-state index contributed by atoms with van der Waals surface area (Å²) >= 11 is 1.66. The Kier molecular flexibility index (Phi) is 5.00. The van der Waals surface area contributed by atoms with Crippen LogP contribution in [0, 0.1) is 5.92 Å². The maximum Gasteiger partial charge on any atom is 0.317 e. The fraction of sp³-hybridized carbons (Fsp3) is 0.667. The van der Waals surface area contributed by atoms with Crippen molar-refractivity contribution in [3.05, 3.63) is 11.1 Å². The van der Waals surface area contributed by atoms with Crippen LogP contribution in [-0.4, -0.2) is 59.7 Å². The van der Waals surface area contributed by atoms with E-state index >= 15 is 0 Å². The SMILES string of the molecule is O=C(O)C1CCN(C(=O)NCCc2csc(N3CCCC3)n2)C1. The molecule has 1 unspecified atom stereocenters. The minimum absolute atomic E-state index is 0.177. The van der Waals surface area contributed by atoms with E-state index < -0.39 is 11.9 Å². The number of carbonyl (C=O) groups excluding carboxylic acids is 1. The predicted octanol–water partition coefficient (Wildman–Crippen LogP) is 1.40. The average molecular weight is 338 g/mol. The first-order valence-corrected chi connectivity index (χ1v) is 8.96. The maximum atomic E-state index is 12.0. The number of carbonyl (C=O) groups is 2. The Morgan fingerprint density at radius 1 is 1.35 bits per heavy atom. The zero-order chi connectivity index (χ0) is 16.2. The number of hydrogen-bond donors (Lipinski definition) is 2. The molecule has 23 heavy (non-hydrogen) atoms. The first kappa shape index (κ1) is 16.0. The number of nitrogens with zero attached hydrogens (tertiary/aromatic N) is 3. The van der Waals surface area contributed by atoms with Crippen molar-refractivity contribution in [2.24, 2.45) is 5.92 Å². The monoisotopic (exact) mass is 338 g/mol. The van der Waals surface area contributed by atoms with Gasteiger partial charge in [0.25, 0.3) is 0 Å². The van der Waals surface area contributed by atoms with Gasteiger partial charge in [0.1, 0.15) is 0 Å². The quantitative estimate of drug-likeness (QED) is 0.848. The third-order valence-corrected chi connectivity index (χ3v) is 5.35. The number of hydrogen-bond acceptors (Lipinski definition) is 5. The van der Waals surface area contributed by atoms with E-state index in [1.807, 2.05) is 0 Å². The number of urea groups is 1. The van der Waals surface area contributed by atoms with Crippen LogP contribution in [0.25, 0.3) is 0 Å². The number of aliphatic carboxylic acids is 1. The molecule has 7 nitrogen and oxygen atoms in total. The lowest BCUT2D eigenvalue weighted by atomic mass is 10.1. The van der Waals surface area contributed by atoms with Crippen molar-refractivity contribution in [3.8, 4) is 0 Å². The standard InChI is InChI=1S/C15H22N4O3S/c20-13(21)11-4-8-19(9-11)14(22)16-5-3-12-10-23-15(17-12)18-6-1-2-7-18/h10-11H,1-9H2,(H,16,22)(H,20,21). The van der Waals surface area contributed by atoms with Crippen LogP contribution in [0.1, 0.15) is 25.0 Å². The van der Waals surface area contributed by atoms with Crippen molar-refractivity contribution in [1.29, 1.82) is 0 Å². The number of anilines is 1. The molecule has 0 spiro atoms. The summed E-state index contributed by atoms with van der Waals surface area (Å²) in [5.74, 6) is -1.25. The number of aromatic nitrogens is 1. The molecule has 2 aliphatic rings. The second kappa shape index (κ2) is 7.16. The second-order valence-corrected chi connectivity index (χ2v) is 6.90. The zero-order valence-electron chi connectivity index (χ0n) is 13.0. The van der Waals surface area contributed by atoms with Crippen LogP contribution in [0.2, 0.25) is 0 Å². The Hall–Kier alpha value is -1.83. The van der Waals surface area contributed by atoms with Crippen molar-refractivity contribution < 1.29 is 14.7 Å². The number of rotatable bonds is 5. The van der Waals surface area contributed by atoms with Crippen molar-refractivity contribution in [3.63, 3.8) is 0 Å². The molecule has 1 atom stereocenters. The first-order valence-electron chi connectivity index (χ1n) is 8.08. The molecule has 0 radical (unpaired) electrons. The molecular weight excluding hydrogens is 316 g/mol. The molecule has 0 aliphatic carbocycles. The van der Waals surface area contributed by atoms with E-state index in [1.165, 1.54) is 12.8 Å². The number of nitrogens with one attached hydrogen (secondary N) is 1. The molecule has 0 saturated carbocycles. The number of amides is 2. The van der Waals surface area contributed by atoms with Crippen molar-refractivity contribution in [2.75, 3.05) is 37.6 Å². The molecule has 8 heteroatoms. The normalized spacial score (nSPS) is 21.0. The lowest BCUT2D eigenvalue weighted by Gasteiger charge is -2.16. The molecule has 2 N–H and O–H groups in total. The molecular formula is C15H22N4O3S. The summed E-state index contributed by atoms with van der Waals surface area (Å²) in [5, 5.41) is 14.9. The van der Waals surface area contributed by atoms with Gasteiger partial charge in [-0.1, -0.05) is 0 Å². The van der Waals surface area contributed by atoms with E-state index in [-0.39, 0.29) is 6.03 Å². The van der Waals surface area contributed by atoms with Crippen LogP contribution in [0.15, 0.2) is 5.38 Å². The minimum atomic E-state index is -0.822. The molecule has 1 aromatic heterocycles. The molecule has 0 aromatic carbocycles. The summed E-state index contributed by atoms with van der Waals surface area (Å²) in [4.78, 5) is 31.4. The molecule has 1 aromatic rings. The van der Waals surface area contributed by atoms with Crippen LogP contribution in [0.4, 0.5) is 9.93 Å². The zero-order valence-corrected chi connectivity index (χ0v) is 13.8. The fourth-order valence-electron chi connectivity index (χ4n) is 3.02. The summed E-state index contributed by atoms with van der Waals surface area (Å²) in [6.07, 6.45) is 3.70. The Morgan fingerprint density at radius 2 is 2.13 bits per heavy atom. The molecule has 2 aliphatic heterocycles. The van der Waals surface area contributed by atoms with E-state index in [1.54, 1.807) is 16.2 Å². The highest BCUT2D eigenvalue weighted by atomic mass is 32.1. The van der Waals surface area contributed by atoms with Gasteiger partial charge < -0.3 is 20.2 Å². The number of likely N-dealkylation sites (tertiary alicyclic amines) is 1. The Balaban J connectivity index is 1.41. The number of thiazole rings is 1. The highest BCUT2D eigenvalue weighted by Gasteiger charge is 2.30. The van der Waals surface area contributed by atoms with E-state index in [0.29, 0.717) is 32.5 Å². The summed E-state index contributed by atoms with van der Waals surface area (Å²) in [6, 6.07) is -0.177. The Labute approximate surface area is 139 Å². The van der Waals surface area contributed by atoms with Gasteiger partial charge in [-0.05, 0) is 19.3 Å². The van der Waals surface area contributed by atoms with Gasteiger partial charge in [0.2, 0.25) is 0 Å². The molecule has 2 saturated heterocycles. The largest absolute Gasteiger partial charge is 0.481 e. The fourth-order valence-corrected chi connectivity index (χ4v) is 3.93. The lowest BCUT2D eigenvalue weighted by molar-refractivity contribution is -0.141. The first-order chi connectivity index (χ1) is 11.1. The van der Waals surface area contributed by atoms with Gasteiger partial charge in [0.15, 0.2) is 5.13 Å². The van der Waals surface area contributed by atoms with Crippen LogP contribution < -0.4 is 10.2 Å². The van der Waals surface area contributed by atoms with E-state index in [0.717, 1.165) is 23.9 Å². The van der Waals surface area contributed by atoms with Gasteiger partial charge in [0.05, 0.1) is 11.6 Å². The Bertz CT molecular complexity index is 571. The van der Waals surface area contributed by atoms with Gasteiger partial charge in [-0.25, -0.2) is 9.78 Å². The lowest BCUT2D eigenvalue weighted by Crippen LogP contribution is -2.39. The van der Waals surface area contributed by atoms with Crippen molar-refractivity contribution in [2.45, 2.75) is 25.7 Å². The third kappa shape index (κ3) is 3.93. The van der Waals surface area contributed by atoms with E-state index in [2.05, 4.69) is 20.6 Å². The van der Waals surface area contributed by atoms with Gasteiger partial charge in [-0.2, -0.15) is 0 Å². The second-order valence-electron chi connectivity index (χ2n) is 6.07. The number of carboxylic acids is 1. The van der Waals surface area contributed by atoms with Crippen LogP contribution in [-0.2, 0) is 11.2 Å². The highest BCUT2D eigenvalue weighted by molar-refractivity contribution is 7.13. The third-order valence-electron chi connectivity index (χ3n) is 4.40. The van der Waals surface area contributed by atoms with Gasteiger partial charge in [-0.3, -0.25) is 4.79 Å². The van der Waals surface area contributed by atoms with Gasteiger partial charge in [0, 0.05) is 44.5 Å².